The van der Waals surface area contributed by atoms with Gasteiger partial charge in [-0.25, -0.2) is 4.98 Å². The lowest BCUT2D eigenvalue weighted by molar-refractivity contribution is -0.116. The van der Waals surface area contributed by atoms with Gasteiger partial charge in [0.2, 0.25) is 5.91 Å². The molecule has 5 nitrogen and oxygen atoms in total. The molecule has 2 heterocycles. The van der Waals surface area contributed by atoms with Crippen molar-refractivity contribution in [3.63, 3.8) is 0 Å². The zero-order valence-electron chi connectivity index (χ0n) is 13.6. The maximum atomic E-state index is 12.0. The molecule has 2 aromatic heterocycles. The fourth-order valence-electron chi connectivity index (χ4n) is 2.24. The molecular weight excluding hydrogens is 374 g/mol. The summed E-state index contributed by atoms with van der Waals surface area (Å²) in [5, 5.41) is 9.39. The van der Waals surface area contributed by atoms with Gasteiger partial charge in [-0.1, -0.05) is 11.8 Å². The molecule has 8 heteroatoms. The molecule has 0 radical (unpaired) electrons. The second kappa shape index (κ2) is 8.46. The summed E-state index contributed by atoms with van der Waals surface area (Å²) in [6.45, 7) is 0.479. The van der Waals surface area contributed by atoms with Crippen LogP contribution in [0, 0.1) is 0 Å². The molecule has 0 aliphatic rings. The molecule has 0 fully saturated rings. The van der Waals surface area contributed by atoms with Gasteiger partial charge >= 0.3 is 0 Å². The van der Waals surface area contributed by atoms with E-state index in [1.54, 1.807) is 34.5 Å². The molecule has 0 spiro atoms. The minimum atomic E-state index is -0.0955. The highest BCUT2D eigenvalue weighted by atomic mass is 32.2. The lowest BCUT2D eigenvalue weighted by Crippen LogP contribution is -2.25. The first-order chi connectivity index (χ1) is 12.2. The topological polar surface area (TPSA) is 71.1 Å². The van der Waals surface area contributed by atoms with Crippen LogP contribution >= 0.6 is 34.4 Å². The van der Waals surface area contributed by atoms with Crippen molar-refractivity contribution in [1.29, 1.82) is 0 Å². The van der Waals surface area contributed by atoms with Gasteiger partial charge in [-0.15, -0.1) is 11.3 Å². The molecule has 0 bridgehead atoms. The maximum absolute atomic E-state index is 12.0. The Morgan fingerprint density at radius 1 is 1.28 bits per heavy atom. The van der Waals surface area contributed by atoms with Crippen LogP contribution in [0.1, 0.15) is 23.2 Å². The standard InChI is InChI=1S/C17H17N3O2S3/c1-23-17-20-13-5-4-12(9-14(13)25-17)19-15(21)3-2-7-18-16(22)11-6-8-24-10-11/h4-6,8-10H,2-3,7H2,1H3,(H,18,22)(H,19,21). The van der Waals surface area contributed by atoms with Crippen LogP contribution in [0.2, 0.25) is 0 Å². The number of hydrogen-bond donors (Lipinski definition) is 2. The zero-order valence-corrected chi connectivity index (χ0v) is 16.0. The van der Waals surface area contributed by atoms with Crippen molar-refractivity contribution in [2.45, 2.75) is 17.2 Å². The summed E-state index contributed by atoms with van der Waals surface area (Å²) in [6, 6.07) is 7.51. The van der Waals surface area contributed by atoms with Gasteiger partial charge in [0.1, 0.15) is 0 Å². The summed E-state index contributed by atoms with van der Waals surface area (Å²) >= 11 is 4.72. The van der Waals surface area contributed by atoms with E-state index in [1.165, 1.54) is 11.3 Å². The normalized spacial score (nSPS) is 10.8. The number of benzene rings is 1. The molecule has 0 atom stereocenters. The second-order valence-electron chi connectivity index (χ2n) is 5.29. The fraction of sp³-hybridized carbons (Fsp3) is 0.235. The Morgan fingerprint density at radius 2 is 2.16 bits per heavy atom. The van der Waals surface area contributed by atoms with Crippen LogP contribution in [-0.2, 0) is 4.79 Å². The van der Waals surface area contributed by atoms with E-state index in [4.69, 9.17) is 0 Å². The number of hydrogen-bond acceptors (Lipinski definition) is 6. The number of thioether (sulfide) groups is 1. The van der Waals surface area contributed by atoms with Crippen molar-refractivity contribution in [1.82, 2.24) is 10.3 Å². The van der Waals surface area contributed by atoms with E-state index in [9.17, 15) is 9.59 Å². The smallest absolute Gasteiger partial charge is 0.252 e. The summed E-state index contributed by atoms with van der Waals surface area (Å²) in [4.78, 5) is 28.3. The maximum Gasteiger partial charge on any atom is 0.252 e. The summed E-state index contributed by atoms with van der Waals surface area (Å²) in [5.74, 6) is -0.152. The summed E-state index contributed by atoms with van der Waals surface area (Å²) in [5.41, 5.74) is 2.39. The molecule has 2 N–H and O–H groups in total. The molecule has 0 aliphatic carbocycles. The third kappa shape index (κ3) is 4.81. The zero-order chi connectivity index (χ0) is 17.6. The number of thiophene rings is 1. The van der Waals surface area contributed by atoms with Crippen LogP contribution in [0.4, 0.5) is 5.69 Å². The molecule has 3 rings (SSSR count). The van der Waals surface area contributed by atoms with E-state index in [-0.39, 0.29) is 11.8 Å². The van der Waals surface area contributed by atoms with Crippen LogP contribution < -0.4 is 10.6 Å². The van der Waals surface area contributed by atoms with Crippen molar-refractivity contribution in [2.75, 3.05) is 18.1 Å². The third-order valence-electron chi connectivity index (χ3n) is 3.48. The van der Waals surface area contributed by atoms with Gasteiger partial charge < -0.3 is 10.6 Å². The monoisotopic (exact) mass is 391 g/mol. The number of thiazole rings is 1. The predicted octanol–water partition coefficient (Wildman–Crippen LogP) is 4.23. The van der Waals surface area contributed by atoms with Crippen LogP contribution in [0.3, 0.4) is 0 Å². The lowest BCUT2D eigenvalue weighted by Gasteiger charge is -2.06. The van der Waals surface area contributed by atoms with Gasteiger partial charge in [-0.3, -0.25) is 9.59 Å². The van der Waals surface area contributed by atoms with Gasteiger partial charge in [-0.2, -0.15) is 11.3 Å². The Kier molecular flexibility index (Phi) is 6.06. The molecule has 2 amide bonds. The number of nitrogens with zero attached hydrogens (tertiary/aromatic N) is 1. The second-order valence-corrected chi connectivity index (χ2v) is 8.15. The SMILES string of the molecule is CSc1nc2ccc(NC(=O)CCCNC(=O)c3ccsc3)cc2s1. The predicted molar refractivity (Wildman–Crippen MR) is 106 cm³/mol. The highest BCUT2D eigenvalue weighted by Crippen LogP contribution is 2.29. The number of nitrogens with one attached hydrogen (secondary N) is 2. The number of anilines is 1. The molecule has 3 aromatic rings. The van der Waals surface area contributed by atoms with Crippen molar-refractivity contribution in [3.05, 3.63) is 40.6 Å². The average Bonchev–Trinajstić information content (AvgIpc) is 3.27. The van der Waals surface area contributed by atoms with Gasteiger partial charge in [0.15, 0.2) is 4.34 Å². The summed E-state index contributed by atoms with van der Waals surface area (Å²) < 4.78 is 2.07. The lowest BCUT2D eigenvalue weighted by atomic mass is 10.2. The quantitative estimate of drug-likeness (QED) is 0.467. The number of rotatable bonds is 7. The molecule has 0 saturated heterocycles. The molecule has 0 unspecified atom stereocenters. The first kappa shape index (κ1) is 17.9. The molecule has 130 valence electrons. The van der Waals surface area contributed by atoms with Crippen LogP contribution in [0.15, 0.2) is 39.4 Å². The highest BCUT2D eigenvalue weighted by molar-refractivity contribution is 8.00. The fourth-order valence-corrected chi connectivity index (χ4v) is 4.40. The number of carbonyl (C=O) groups is 2. The van der Waals surface area contributed by atoms with E-state index < -0.39 is 0 Å². The largest absolute Gasteiger partial charge is 0.352 e. The van der Waals surface area contributed by atoms with E-state index in [0.29, 0.717) is 24.9 Å². The number of aromatic nitrogens is 1. The summed E-state index contributed by atoms with van der Waals surface area (Å²) in [6.07, 6.45) is 2.96. The molecule has 0 aliphatic heterocycles. The third-order valence-corrected chi connectivity index (χ3v) is 6.16. The van der Waals surface area contributed by atoms with Crippen molar-refractivity contribution >= 4 is 62.2 Å². The Labute approximate surface area is 157 Å². The average molecular weight is 392 g/mol. The Hall–Kier alpha value is -1.90. The number of fused-ring (bicyclic) bond motifs is 1. The number of carbonyl (C=O) groups excluding carboxylic acids is 2. The van der Waals surface area contributed by atoms with Crippen molar-refractivity contribution in [2.24, 2.45) is 0 Å². The first-order valence-corrected chi connectivity index (χ1v) is 10.7. The Morgan fingerprint density at radius 3 is 2.92 bits per heavy atom. The van der Waals surface area contributed by atoms with Gasteiger partial charge in [0.05, 0.1) is 10.2 Å². The van der Waals surface area contributed by atoms with Gasteiger partial charge in [0.25, 0.3) is 5.91 Å². The van der Waals surface area contributed by atoms with Crippen molar-refractivity contribution < 1.29 is 9.59 Å². The minimum absolute atomic E-state index is 0.0567. The molecular formula is C17H17N3O2S3. The van der Waals surface area contributed by atoms with Crippen LogP contribution in [0.5, 0.6) is 0 Å². The van der Waals surface area contributed by atoms with Gasteiger partial charge in [-0.05, 0) is 42.3 Å². The van der Waals surface area contributed by atoms with Gasteiger partial charge in [0, 0.05) is 29.6 Å². The van der Waals surface area contributed by atoms with E-state index >= 15 is 0 Å². The Balaban J connectivity index is 1.45. The van der Waals surface area contributed by atoms with Crippen molar-refractivity contribution in [3.8, 4) is 0 Å². The number of amides is 2. The molecule has 1 aromatic carbocycles. The highest BCUT2D eigenvalue weighted by Gasteiger charge is 2.08. The molecule has 0 saturated carbocycles. The Bertz CT molecular complexity index is 875. The summed E-state index contributed by atoms with van der Waals surface area (Å²) in [7, 11) is 0. The van der Waals surface area contributed by atoms with E-state index in [2.05, 4.69) is 15.6 Å². The first-order valence-electron chi connectivity index (χ1n) is 7.70. The van der Waals surface area contributed by atoms with E-state index in [1.807, 2.05) is 29.8 Å². The van der Waals surface area contributed by atoms with Crippen LogP contribution in [-0.4, -0.2) is 29.6 Å². The van der Waals surface area contributed by atoms with Crippen LogP contribution in [0.25, 0.3) is 10.2 Å². The van der Waals surface area contributed by atoms with E-state index in [0.717, 1.165) is 20.2 Å². The molecule has 25 heavy (non-hydrogen) atoms. The minimum Gasteiger partial charge on any atom is -0.352 e.